The van der Waals surface area contributed by atoms with Crippen molar-refractivity contribution in [3.05, 3.63) is 75.8 Å². The van der Waals surface area contributed by atoms with E-state index >= 15 is 0 Å². The molecule has 0 saturated carbocycles. The van der Waals surface area contributed by atoms with Gasteiger partial charge in [0.2, 0.25) is 11.8 Å². The number of fused-ring (bicyclic) bond motifs is 2. The molecule has 2 heterocycles. The number of amides is 2. The van der Waals surface area contributed by atoms with E-state index in [1.54, 1.807) is 15.9 Å². The van der Waals surface area contributed by atoms with Crippen molar-refractivity contribution in [1.82, 2.24) is 4.90 Å². The Morgan fingerprint density at radius 3 is 2.49 bits per heavy atom. The molecule has 39 heavy (non-hydrogen) atoms. The first-order valence-electron chi connectivity index (χ1n) is 13.4. The Bertz CT molecular complexity index is 1260. The van der Waals surface area contributed by atoms with E-state index in [9.17, 15) is 9.59 Å². The van der Waals surface area contributed by atoms with E-state index in [0.29, 0.717) is 41.2 Å². The number of hydrogen-bond acceptors (Lipinski definition) is 3. The molecule has 5 nitrogen and oxygen atoms in total. The van der Waals surface area contributed by atoms with E-state index in [1.807, 2.05) is 43.3 Å². The average molecular weight is 608 g/mol. The monoisotopic (exact) mass is 606 g/mol. The molecule has 1 spiro atoms. The number of anilines is 1. The van der Waals surface area contributed by atoms with Gasteiger partial charge >= 0.3 is 0 Å². The molecule has 9 heteroatoms. The van der Waals surface area contributed by atoms with Gasteiger partial charge in [-0.15, -0.1) is 11.6 Å². The molecule has 0 unspecified atom stereocenters. The fourth-order valence-corrected chi connectivity index (χ4v) is 7.31. The summed E-state index contributed by atoms with van der Waals surface area (Å²) in [7, 11) is -1.32. The zero-order chi connectivity index (χ0) is 28.5. The highest BCUT2D eigenvalue weighted by Gasteiger charge is 2.65. The van der Waals surface area contributed by atoms with Crippen molar-refractivity contribution in [3.8, 4) is 0 Å². The Balaban J connectivity index is 1.91. The SMILES string of the molecule is C=C(C)[C@H]1N(CCCCl)C(=O)C[C@@H](c2cccc(Cl)c2)[C@]12C(=O)N(COCC[Si](C)(C)C)c1cc(Cl)ccc12. The fourth-order valence-electron chi connectivity index (χ4n) is 6.07. The lowest BCUT2D eigenvalue weighted by Gasteiger charge is -2.52. The molecule has 0 bridgehead atoms. The number of hydrogen-bond donors (Lipinski definition) is 0. The summed E-state index contributed by atoms with van der Waals surface area (Å²) in [5.41, 5.74) is 1.99. The van der Waals surface area contributed by atoms with Gasteiger partial charge in [0.15, 0.2) is 0 Å². The summed E-state index contributed by atoms with van der Waals surface area (Å²) < 4.78 is 6.12. The van der Waals surface area contributed by atoms with Crippen LogP contribution in [0, 0.1) is 0 Å². The lowest BCUT2D eigenvalue weighted by molar-refractivity contribution is -0.144. The van der Waals surface area contributed by atoms with E-state index in [4.69, 9.17) is 39.5 Å². The van der Waals surface area contributed by atoms with E-state index in [2.05, 4.69) is 26.2 Å². The molecule has 3 atom stereocenters. The number of benzene rings is 2. The number of carbonyl (C=O) groups is 2. The standard InChI is InChI=1S/C30H37Cl3N2O3Si/c1-20(2)28-30(25(21-8-6-9-22(32)16-21)18-27(36)34(28)13-7-12-31)24-11-10-23(33)17-26(24)35(29(30)37)19-38-14-15-39(3,4)5/h6,8-11,16-17,25,28H,1,7,12-15,18-19H2,2-5H3/t25-,28+,30-/m0/s1. The Labute approximate surface area is 248 Å². The van der Waals surface area contributed by atoms with Gasteiger partial charge in [-0.1, -0.05) is 73.2 Å². The van der Waals surface area contributed by atoms with Crippen LogP contribution in [-0.2, 0) is 19.7 Å². The summed E-state index contributed by atoms with van der Waals surface area (Å²) in [6, 6.07) is 13.5. The van der Waals surface area contributed by atoms with E-state index in [0.717, 1.165) is 22.7 Å². The van der Waals surface area contributed by atoms with Crippen LogP contribution in [0.1, 0.15) is 36.8 Å². The Hall–Kier alpha value is -1.83. The molecule has 2 aromatic rings. The first kappa shape index (κ1) is 30.1. The van der Waals surface area contributed by atoms with E-state index in [1.165, 1.54) is 0 Å². The Morgan fingerprint density at radius 2 is 1.85 bits per heavy atom. The molecule has 2 aliphatic rings. The molecule has 4 rings (SSSR count). The van der Waals surface area contributed by atoms with Crippen molar-refractivity contribution in [3.63, 3.8) is 0 Å². The average Bonchev–Trinajstić information content (AvgIpc) is 3.08. The molecule has 2 aliphatic heterocycles. The highest BCUT2D eigenvalue weighted by atomic mass is 35.5. The smallest absolute Gasteiger partial charge is 0.242 e. The quantitative estimate of drug-likeness (QED) is 0.122. The maximum Gasteiger partial charge on any atom is 0.242 e. The summed E-state index contributed by atoms with van der Waals surface area (Å²) >= 11 is 19.0. The van der Waals surface area contributed by atoms with Crippen molar-refractivity contribution in [2.24, 2.45) is 0 Å². The molecular formula is C30H37Cl3N2O3Si. The van der Waals surface area contributed by atoms with Crippen LogP contribution in [0.5, 0.6) is 0 Å². The van der Waals surface area contributed by atoms with Crippen LogP contribution >= 0.6 is 34.8 Å². The topological polar surface area (TPSA) is 49.9 Å². The van der Waals surface area contributed by atoms with Crippen LogP contribution in [0.2, 0.25) is 35.7 Å². The zero-order valence-corrected chi connectivity index (χ0v) is 26.4. The molecule has 1 fully saturated rings. The summed E-state index contributed by atoms with van der Waals surface area (Å²) in [5.74, 6) is -0.197. The zero-order valence-electron chi connectivity index (χ0n) is 23.1. The fraction of sp³-hybridized carbons (Fsp3) is 0.467. The predicted molar refractivity (Wildman–Crippen MR) is 164 cm³/mol. The van der Waals surface area contributed by atoms with Crippen LogP contribution < -0.4 is 4.90 Å². The molecule has 210 valence electrons. The van der Waals surface area contributed by atoms with Gasteiger partial charge in [0.1, 0.15) is 12.1 Å². The first-order valence-corrected chi connectivity index (χ1v) is 18.4. The molecule has 0 N–H and O–H groups in total. The maximum absolute atomic E-state index is 14.9. The van der Waals surface area contributed by atoms with Gasteiger partial charge in [-0.3, -0.25) is 14.5 Å². The van der Waals surface area contributed by atoms with Crippen molar-refractivity contribution in [2.45, 2.75) is 62.8 Å². The van der Waals surface area contributed by atoms with Crippen LogP contribution in [0.25, 0.3) is 0 Å². The summed E-state index contributed by atoms with van der Waals surface area (Å²) in [6.45, 7) is 14.2. The Kier molecular flexibility index (Phi) is 9.24. The van der Waals surface area contributed by atoms with E-state index < -0.39 is 25.4 Å². The number of likely N-dealkylation sites (tertiary alicyclic amines) is 1. The molecule has 1 saturated heterocycles. The highest BCUT2D eigenvalue weighted by molar-refractivity contribution is 6.76. The summed E-state index contributed by atoms with van der Waals surface area (Å²) in [6.07, 6.45) is 0.769. The third kappa shape index (κ3) is 5.82. The Morgan fingerprint density at radius 1 is 1.13 bits per heavy atom. The largest absolute Gasteiger partial charge is 0.361 e. The van der Waals surface area contributed by atoms with Crippen LogP contribution in [0.15, 0.2) is 54.6 Å². The van der Waals surface area contributed by atoms with Gasteiger partial charge in [-0.25, -0.2) is 0 Å². The minimum Gasteiger partial charge on any atom is -0.361 e. The van der Waals surface area contributed by atoms with Crippen LogP contribution in [0.4, 0.5) is 5.69 Å². The summed E-state index contributed by atoms with van der Waals surface area (Å²) in [5, 5.41) is 1.09. The summed E-state index contributed by atoms with van der Waals surface area (Å²) in [4.78, 5) is 32.2. The third-order valence-corrected chi connectivity index (χ3v) is 10.2. The van der Waals surface area contributed by atoms with Crippen LogP contribution in [0.3, 0.4) is 0 Å². The lowest BCUT2D eigenvalue weighted by atomic mass is 9.58. The van der Waals surface area contributed by atoms with Gasteiger partial charge in [0.25, 0.3) is 0 Å². The van der Waals surface area contributed by atoms with Gasteiger partial charge in [0, 0.05) is 49.5 Å². The maximum atomic E-state index is 14.9. The highest BCUT2D eigenvalue weighted by Crippen LogP contribution is 2.58. The minimum atomic E-state index is -1.32. The molecule has 0 radical (unpaired) electrons. The number of piperidine rings is 1. The second-order valence-electron chi connectivity index (χ2n) is 11.8. The normalized spacial score (nSPS) is 23.1. The van der Waals surface area contributed by atoms with Crippen LogP contribution in [-0.4, -0.2) is 56.6 Å². The van der Waals surface area contributed by atoms with Gasteiger partial charge in [-0.05, 0) is 54.8 Å². The van der Waals surface area contributed by atoms with Crippen molar-refractivity contribution < 1.29 is 14.3 Å². The van der Waals surface area contributed by atoms with Gasteiger partial charge in [-0.2, -0.15) is 0 Å². The molecule has 2 aromatic carbocycles. The number of halogens is 3. The number of ether oxygens (including phenoxy) is 1. The molecular weight excluding hydrogens is 571 g/mol. The number of nitrogens with zero attached hydrogens (tertiary/aromatic N) is 2. The first-order chi connectivity index (χ1) is 18.4. The molecule has 2 amide bonds. The molecule has 0 aromatic heterocycles. The van der Waals surface area contributed by atoms with Crippen molar-refractivity contribution in [1.29, 1.82) is 0 Å². The lowest BCUT2D eigenvalue weighted by Crippen LogP contribution is -2.64. The number of alkyl halides is 1. The predicted octanol–water partition coefficient (Wildman–Crippen LogP) is 7.48. The second-order valence-corrected chi connectivity index (χ2v) is 18.7. The van der Waals surface area contributed by atoms with Gasteiger partial charge < -0.3 is 9.64 Å². The second kappa shape index (κ2) is 12.0. The van der Waals surface area contributed by atoms with Crippen molar-refractivity contribution >= 4 is 60.4 Å². The third-order valence-electron chi connectivity index (χ3n) is 7.75. The number of rotatable bonds is 10. The number of carbonyl (C=O) groups excluding carboxylic acids is 2. The minimum absolute atomic E-state index is 0.0307. The van der Waals surface area contributed by atoms with E-state index in [-0.39, 0.29) is 25.0 Å². The molecule has 0 aliphatic carbocycles. The van der Waals surface area contributed by atoms with Crippen molar-refractivity contribution in [2.75, 3.05) is 30.7 Å². The van der Waals surface area contributed by atoms with Gasteiger partial charge in [0.05, 0.1) is 11.7 Å².